The van der Waals surface area contributed by atoms with E-state index in [1.807, 2.05) is 0 Å². The van der Waals surface area contributed by atoms with Crippen LogP contribution in [-0.2, 0) is 4.74 Å². The van der Waals surface area contributed by atoms with Crippen LogP contribution in [0.4, 0.5) is 0 Å². The first-order valence-electron chi connectivity index (χ1n) is 6.34. The zero-order valence-corrected chi connectivity index (χ0v) is 10.1. The van der Waals surface area contributed by atoms with E-state index in [9.17, 15) is 0 Å². The summed E-state index contributed by atoms with van der Waals surface area (Å²) < 4.78 is 6.08. The lowest BCUT2D eigenvalue weighted by Gasteiger charge is -2.42. The van der Waals surface area contributed by atoms with Gasteiger partial charge in [0.15, 0.2) is 0 Å². The van der Waals surface area contributed by atoms with Crippen molar-refractivity contribution in [3.05, 3.63) is 0 Å². The lowest BCUT2D eigenvalue weighted by molar-refractivity contribution is -0.105. The molecular formula is C12H24N2O. The summed E-state index contributed by atoms with van der Waals surface area (Å²) in [4.78, 5) is 4.88. The number of hydrogen-bond acceptors (Lipinski definition) is 3. The molecule has 2 fully saturated rings. The Bertz CT molecular complexity index is 184. The summed E-state index contributed by atoms with van der Waals surface area (Å²) in [5, 5.41) is 0. The molecular weight excluding hydrogens is 188 g/mol. The Morgan fingerprint density at radius 3 is 2.40 bits per heavy atom. The summed E-state index contributed by atoms with van der Waals surface area (Å²) in [6, 6.07) is 0. The molecule has 0 N–H and O–H groups in total. The monoisotopic (exact) mass is 212 g/mol. The highest BCUT2D eigenvalue weighted by atomic mass is 16.5. The molecule has 0 aromatic rings. The summed E-state index contributed by atoms with van der Waals surface area (Å²) >= 11 is 0. The maximum atomic E-state index is 6.08. The van der Waals surface area contributed by atoms with Crippen LogP contribution in [0.5, 0.6) is 0 Å². The Labute approximate surface area is 93.4 Å². The molecule has 3 heteroatoms. The molecule has 0 radical (unpaired) electrons. The number of piperidine rings is 1. The molecule has 0 aromatic carbocycles. The van der Waals surface area contributed by atoms with Crippen molar-refractivity contribution in [1.29, 1.82) is 0 Å². The van der Waals surface area contributed by atoms with Crippen LogP contribution < -0.4 is 0 Å². The third-order valence-corrected chi connectivity index (χ3v) is 3.51. The van der Waals surface area contributed by atoms with E-state index in [0.717, 1.165) is 0 Å². The van der Waals surface area contributed by atoms with Gasteiger partial charge in [0.25, 0.3) is 0 Å². The zero-order chi connectivity index (χ0) is 10.7. The maximum Gasteiger partial charge on any atom is 0.0832 e. The maximum absolute atomic E-state index is 6.08. The highest BCUT2D eigenvalue weighted by molar-refractivity contribution is 4.82. The summed E-state index contributed by atoms with van der Waals surface area (Å²) in [5.74, 6) is 0. The molecule has 2 heterocycles. The first-order valence-corrected chi connectivity index (χ1v) is 6.34. The van der Waals surface area contributed by atoms with Gasteiger partial charge in [-0.15, -0.1) is 0 Å². The fraction of sp³-hybridized carbons (Fsp3) is 1.00. The summed E-state index contributed by atoms with van der Waals surface area (Å²) in [6.45, 7) is 8.23. The second-order valence-corrected chi connectivity index (χ2v) is 5.02. The quantitative estimate of drug-likeness (QED) is 0.696. The van der Waals surface area contributed by atoms with Gasteiger partial charge >= 0.3 is 0 Å². The first kappa shape index (κ1) is 11.4. The van der Waals surface area contributed by atoms with E-state index in [2.05, 4.69) is 23.8 Å². The van der Waals surface area contributed by atoms with Gasteiger partial charge in [-0.05, 0) is 32.9 Å². The number of ether oxygens (including phenoxy) is 1. The number of nitrogens with zero attached hydrogens (tertiary/aromatic N) is 2. The minimum Gasteiger partial charge on any atom is -0.372 e. The SMILES string of the molecule is CCCN1CC(OC2CCN(C)CC2)C1. The van der Waals surface area contributed by atoms with Crippen molar-refractivity contribution in [2.45, 2.75) is 38.4 Å². The van der Waals surface area contributed by atoms with E-state index >= 15 is 0 Å². The highest BCUT2D eigenvalue weighted by Gasteiger charge is 2.29. The van der Waals surface area contributed by atoms with Gasteiger partial charge in [-0.2, -0.15) is 0 Å². The number of likely N-dealkylation sites (tertiary alicyclic amines) is 2. The van der Waals surface area contributed by atoms with Gasteiger partial charge in [0.05, 0.1) is 12.2 Å². The van der Waals surface area contributed by atoms with Crippen LogP contribution in [0.25, 0.3) is 0 Å². The van der Waals surface area contributed by atoms with Crippen molar-refractivity contribution in [3.63, 3.8) is 0 Å². The topological polar surface area (TPSA) is 15.7 Å². The molecule has 3 nitrogen and oxygen atoms in total. The standard InChI is InChI=1S/C12H24N2O/c1-3-6-14-9-12(10-14)15-11-4-7-13(2)8-5-11/h11-12H,3-10H2,1-2H3. The predicted octanol–water partition coefficient (Wildman–Crippen LogP) is 1.19. The Balaban J connectivity index is 1.59. The molecule has 0 amide bonds. The zero-order valence-electron chi connectivity index (χ0n) is 10.1. The molecule has 88 valence electrons. The van der Waals surface area contributed by atoms with E-state index in [0.29, 0.717) is 12.2 Å². The molecule has 0 atom stereocenters. The van der Waals surface area contributed by atoms with Gasteiger partial charge in [-0.3, -0.25) is 4.90 Å². The van der Waals surface area contributed by atoms with Crippen molar-refractivity contribution >= 4 is 0 Å². The van der Waals surface area contributed by atoms with E-state index in [1.54, 1.807) is 0 Å². The smallest absolute Gasteiger partial charge is 0.0832 e. The fourth-order valence-electron chi connectivity index (χ4n) is 2.50. The van der Waals surface area contributed by atoms with Crippen LogP contribution in [-0.4, -0.2) is 61.8 Å². The van der Waals surface area contributed by atoms with Crippen LogP contribution in [0.2, 0.25) is 0 Å². The summed E-state index contributed by atoms with van der Waals surface area (Å²) in [7, 11) is 2.20. The largest absolute Gasteiger partial charge is 0.372 e. The minimum absolute atomic E-state index is 0.532. The van der Waals surface area contributed by atoms with E-state index in [-0.39, 0.29) is 0 Å². The average molecular weight is 212 g/mol. The van der Waals surface area contributed by atoms with E-state index in [1.165, 1.54) is 52.0 Å². The van der Waals surface area contributed by atoms with Gasteiger partial charge < -0.3 is 9.64 Å². The Morgan fingerprint density at radius 2 is 1.80 bits per heavy atom. The number of hydrogen-bond donors (Lipinski definition) is 0. The van der Waals surface area contributed by atoms with Crippen LogP contribution in [0.3, 0.4) is 0 Å². The molecule has 0 aliphatic carbocycles. The van der Waals surface area contributed by atoms with Crippen LogP contribution >= 0.6 is 0 Å². The molecule has 2 aliphatic heterocycles. The molecule has 15 heavy (non-hydrogen) atoms. The van der Waals surface area contributed by atoms with Gasteiger partial charge in [-0.1, -0.05) is 6.92 Å². The molecule has 0 aromatic heterocycles. The molecule has 0 unspecified atom stereocenters. The Kier molecular flexibility index (Phi) is 4.00. The fourth-order valence-corrected chi connectivity index (χ4v) is 2.50. The van der Waals surface area contributed by atoms with Crippen molar-refractivity contribution in [2.24, 2.45) is 0 Å². The average Bonchev–Trinajstić information content (AvgIpc) is 2.18. The Morgan fingerprint density at radius 1 is 1.13 bits per heavy atom. The van der Waals surface area contributed by atoms with Crippen molar-refractivity contribution in [2.75, 3.05) is 39.8 Å². The predicted molar refractivity (Wildman–Crippen MR) is 62.1 cm³/mol. The van der Waals surface area contributed by atoms with Crippen molar-refractivity contribution in [3.8, 4) is 0 Å². The molecule has 2 rings (SSSR count). The minimum atomic E-state index is 0.532. The van der Waals surface area contributed by atoms with Crippen molar-refractivity contribution < 1.29 is 4.74 Å². The molecule has 2 saturated heterocycles. The lowest BCUT2D eigenvalue weighted by atomic mass is 10.1. The van der Waals surface area contributed by atoms with Crippen LogP contribution in [0.1, 0.15) is 26.2 Å². The lowest BCUT2D eigenvalue weighted by Crippen LogP contribution is -2.54. The van der Waals surface area contributed by atoms with Gasteiger partial charge in [0, 0.05) is 26.2 Å². The Hall–Kier alpha value is -0.120. The molecule has 2 aliphatic rings. The molecule has 0 spiro atoms. The van der Waals surface area contributed by atoms with Gasteiger partial charge in [-0.25, -0.2) is 0 Å². The second kappa shape index (κ2) is 5.28. The third-order valence-electron chi connectivity index (χ3n) is 3.51. The van der Waals surface area contributed by atoms with E-state index < -0.39 is 0 Å². The molecule has 0 saturated carbocycles. The normalized spacial score (nSPS) is 26.8. The third kappa shape index (κ3) is 3.16. The van der Waals surface area contributed by atoms with Crippen LogP contribution in [0.15, 0.2) is 0 Å². The van der Waals surface area contributed by atoms with E-state index in [4.69, 9.17) is 4.74 Å². The van der Waals surface area contributed by atoms with Gasteiger partial charge in [0.1, 0.15) is 0 Å². The van der Waals surface area contributed by atoms with Crippen LogP contribution in [0, 0.1) is 0 Å². The number of rotatable bonds is 4. The first-order chi connectivity index (χ1) is 7.28. The van der Waals surface area contributed by atoms with Gasteiger partial charge in [0.2, 0.25) is 0 Å². The second-order valence-electron chi connectivity index (χ2n) is 5.02. The molecule has 0 bridgehead atoms. The highest BCUT2D eigenvalue weighted by Crippen LogP contribution is 2.19. The van der Waals surface area contributed by atoms with Crippen molar-refractivity contribution in [1.82, 2.24) is 9.80 Å². The summed E-state index contributed by atoms with van der Waals surface area (Å²) in [6.07, 6.45) is 4.78. The summed E-state index contributed by atoms with van der Waals surface area (Å²) in [5.41, 5.74) is 0.